The lowest BCUT2D eigenvalue weighted by atomic mass is 10.2. The van der Waals surface area contributed by atoms with E-state index in [-0.39, 0.29) is 0 Å². The highest BCUT2D eigenvalue weighted by atomic mass is 35.5. The van der Waals surface area contributed by atoms with Crippen LogP contribution in [0.2, 0.25) is 4.47 Å². The van der Waals surface area contributed by atoms with Gasteiger partial charge in [-0.05, 0) is 39.3 Å². The minimum atomic E-state index is -0.506. The monoisotopic (exact) mass is 342 g/mol. The van der Waals surface area contributed by atoms with Gasteiger partial charge in [0.15, 0.2) is 4.47 Å². The second-order valence-corrected chi connectivity index (χ2v) is 7.38. The number of aryl methyl sites for hydroxylation is 1. The van der Waals surface area contributed by atoms with Crippen LogP contribution in [0.15, 0.2) is 12.1 Å². The van der Waals surface area contributed by atoms with Gasteiger partial charge in [0, 0.05) is 0 Å². The van der Waals surface area contributed by atoms with Crippen molar-refractivity contribution < 1.29 is 14.3 Å². The fourth-order valence-electron chi connectivity index (χ4n) is 1.83. The molecular formula is C15H19ClN2O3S. The zero-order chi connectivity index (χ0) is 16.3. The fourth-order valence-corrected chi connectivity index (χ4v) is 2.98. The Labute approximate surface area is 138 Å². The number of thiazole rings is 1. The Hall–Kier alpha value is -1.53. The quantitative estimate of drug-likeness (QED) is 0.847. The van der Waals surface area contributed by atoms with E-state index in [1.54, 1.807) is 0 Å². The molecule has 0 radical (unpaired) electrons. The molecular weight excluding hydrogens is 324 g/mol. The summed E-state index contributed by atoms with van der Waals surface area (Å²) in [5, 5.41) is 2.65. The average molecular weight is 343 g/mol. The summed E-state index contributed by atoms with van der Waals surface area (Å²) in [6.07, 6.45) is -0.453. The number of hydrogen-bond donors (Lipinski definition) is 1. The molecule has 0 fully saturated rings. The molecule has 1 aromatic heterocycles. The van der Waals surface area contributed by atoms with E-state index in [0.717, 1.165) is 21.5 Å². The molecule has 0 spiro atoms. The molecule has 0 saturated heterocycles. The maximum Gasteiger partial charge on any atom is 0.407 e. The number of benzene rings is 1. The van der Waals surface area contributed by atoms with Gasteiger partial charge in [0.1, 0.15) is 18.0 Å². The first-order chi connectivity index (χ1) is 10.3. The molecule has 120 valence electrons. The van der Waals surface area contributed by atoms with Gasteiger partial charge in [-0.3, -0.25) is 0 Å². The molecule has 0 aliphatic carbocycles. The summed E-state index contributed by atoms with van der Waals surface area (Å²) in [5.74, 6) is 0.719. The average Bonchev–Trinajstić information content (AvgIpc) is 2.77. The largest absolute Gasteiger partial charge is 0.490 e. The summed E-state index contributed by atoms with van der Waals surface area (Å²) in [6.45, 7) is 8.13. The first-order valence-electron chi connectivity index (χ1n) is 6.91. The minimum Gasteiger partial charge on any atom is -0.490 e. The molecule has 0 atom stereocenters. The Morgan fingerprint density at radius 3 is 2.82 bits per heavy atom. The van der Waals surface area contributed by atoms with Gasteiger partial charge in [0.2, 0.25) is 0 Å². The fraction of sp³-hybridized carbons (Fsp3) is 0.467. The third-order valence-corrected chi connectivity index (χ3v) is 3.89. The number of aromatic nitrogens is 1. The molecule has 1 aromatic carbocycles. The predicted molar refractivity (Wildman–Crippen MR) is 89.1 cm³/mol. The second-order valence-electron chi connectivity index (χ2n) is 5.80. The maximum absolute atomic E-state index is 11.5. The summed E-state index contributed by atoms with van der Waals surface area (Å²) in [7, 11) is 0. The summed E-state index contributed by atoms with van der Waals surface area (Å²) in [6, 6.07) is 3.83. The van der Waals surface area contributed by atoms with E-state index in [9.17, 15) is 4.79 Å². The van der Waals surface area contributed by atoms with Crippen LogP contribution in [0.1, 0.15) is 26.3 Å². The van der Waals surface area contributed by atoms with Crippen LogP contribution in [0.4, 0.5) is 4.79 Å². The number of fused-ring (bicyclic) bond motifs is 1. The van der Waals surface area contributed by atoms with Gasteiger partial charge >= 0.3 is 6.09 Å². The molecule has 2 rings (SSSR count). The van der Waals surface area contributed by atoms with Gasteiger partial charge in [-0.1, -0.05) is 29.0 Å². The highest BCUT2D eigenvalue weighted by Crippen LogP contribution is 2.35. The number of nitrogens with zero attached hydrogens (tertiary/aromatic N) is 1. The van der Waals surface area contributed by atoms with Crippen LogP contribution in [0.25, 0.3) is 10.2 Å². The Kier molecular flexibility index (Phi) is 5.13. The second kappa shape index (κ2) is 6.71. The number of amides is 1. The number of carbonyl (C=O) groups is 1. The van der Waals surface area contributed by atoms with Crippen molar-refractivity contribution in [1.29, 1.82) is 0 Å². The number of halogens is 1. The number of rotatable bonds is 4. The molecule has 1 amide bonds. The Bertz CT molecular complexity index is 679. The lowest BCUT2D eigenvalue weighted by molar-refractivity contribution is 0.0520. The van der Waals surface area contributed by atoms with Crippen molar-refractivity contribution in [2.24, 2.45) is 0 Å². The van der Waals surface area contributed by atoms with Crippen LogP contribution >= 0.6 is 22.9 Å². The summed E-state index contributed by atoms with van der Waals surface area (Å²) in [4.78, 5) is 15.8. The van der Waals surface area contributed by atoms with Gasteiger partial charge in [0.25, 0.3) is 0 Å². The molecule has 0 bridgehead atoms. The zero-order valence-electron chi connectivity index (χ0n) is 13.0. The lowest BCUT2D eigenvalue weighted by Gasteiger charge is -2.19. The van der Waals surface area contributed by atoms with E-state index in [2.05, 4.69) is 10.3 Å². The molecule has 0 saturated carbocycles. The van der Waals surface area contributed by atoms with Gasteiger partial charge in [-0.25, -0.2) is 9.78 Å². The highest BCUT2D eigenvalue weighted by Gasteiger charge is 2.15. The van der Waals surface area contributed by atoms with Crippen molar-refractivity contribution in [2.75, 3.05) is 13.2 Å². The van der Waals surface area contributed by atoms with E-state index in [4.69, 9.17) is 21.1 Å². The molecule has 2 aromatic rings. The first kappa shape index (κ1) is 16.8. The summed E-state index contributed by atoms with van der Waals surface area (Å²) >= 11 is 7.35. The predicted octanol–water partition coefficient (Wildman–Crippen LogP) is 4.16. The third-order valence-electron chi connectivity index (χ3n) is 2.71. The van der Waals surface area contributed by atoms with Crippen LogP contribution in [0.5, 0.6) is 5.75 Å². The molecule has 0 aliphatic heterocycles. The molecule has 5 nitrogen and oxygen atoms in total. The van der Waals surface area contributed by atoms with Crippen molar-refractivity contribution in [1.82, 2.24) is 10.3 Å². The summed E-state index contributed by atoms with van der Waals surface area (Å²) in [5.41, 5.74) is 1.40. The normalized spacial score (nSPS) is 11.5. The number of hydrogen-bond acceptors (Lipinski definition) is 5. The standard InChI is InChI=1S/C15H19ClN2O3S/c1-9-5-6-10(12-11(9)18-13(16)22-12)20-8-7-17-14(19)21-15(2,3)4/h5-6H,7-8H2,1-4H3,(H,17,19). The van der Waals surface area contributed by atoms with Gasteiger partial charge in [-0.15, -0.1) is 0 Å². The minimum absolute atomic E-state index is 0.340. The molecule has 22 heavy (non-hydrogen) atoms. The highest BCUT2D eigenvalue weighted by molar-refractivity contribution is 7.22. The van der Waals surface area contributed by atoms with Gasteiger partial charge < -0.3 is 14.8 Å². The van der Waals surface area contributed by atoms with E-state index in [1.165, 1.54) is 11.3 Å². The van der Waals surface area contributed by atoms with Crippen molar-refractivity contribution in [3.63, 3.8) is 0 Å². The topological polar surface area (TPSA) is 60.5 Å². The zero-order valence-corrected chi connectivity index (χ0v) is 14.6. The summed E-state index contributed by atoms with van der Waals surface area (Å²) < 4.78 is 12.3. The van der Waals surface area contributed by atoms with E-state index in [0.29, 0.717) is 17.6 Å². The van der Waals surface area contributed by atoms with Crippen LogP contribution < -0.4 is 10.1 Å². The van der Waals surface area contributed by atoms with Crippen LogP contribution in [-0.4, -0.2) is 29.8 Å². The Morgan fingerprint density at radius 2 is 2.14 bits per heavy atom. The van der Waals surface area contributed by atoms with Crippen molar-refractivity contribution >= 4 is 39.2 Å². The van der Waals surface area contributed by atoms with Crippen molar-refractivity contribution in [2.45, 2.75) is 33.3 Å². The number of carbonyl (C=O) groups excluding carboxylic acids is 1. The van der Waals surface area contributed by atoms with E-state index < -0.39 is 11.7 Å². The van der Waals surface area contributed by atoms with Crippen molar-refractivity contribution in [3.8, 4) is 5.75 Å². The smallest absolute Gasteiger partial charge is 0.407 e. The first-order valence-corrected chi connectivity index (χ1v) is 8.11. The van der Waals surface area contributed by atoms with E-state index >= 15 is 0 Å². The maximum atomic E-state index is 11.5. The number of ether oxygens (including phenoxy) is 2. The Balaban J connectivity index is 1.90. The number of nitrogens with one attached hydrogen (secondary N) is 1. The van der Waals surface area contributed by atoms with Crippen LogP contribution in [0.3, 0.4) is 0 Å². The van der Waals surface area contributed by atoms with Gasteiger partial charge in [-0.2, -0.15) is 0 Å². The molecule has 0 unspecified atom stereocenters. The Morgan fingerprint density at radius 1 is 1.41 bits per heavy atom. The lowest BCUT2D eigenvalue weighted by Crippen LogP contribution is -2.34. The van der Waals surface area contributed by atoms with Crippen molar-refractivity contribution in [3.05, 3.63) is 22.2 Å². The SMILES string of the molecule is Cc1ccc(OCCNC(=O)OC(C)(C)C)c2sc(Cl)nc12. The van der Waals surface area contributed by atoms with Crippen LogP contribution in [0, 0.1) is 6.92 Å². The van der Waals surface area contributed by atoms with Gasteiger partial charge in [0.05, 0.1) is 16.8 Å². The number of alkyl carbamates (subject to hydrolysis) is 1. The molecule has 7 heteroatoms. The molecule has 0 aliphatic rings. The molecule has 1 heterocycles. The third kappa shape index (κ3) is 4.48. The molecule has 1 N–H and O–H groups in total. The van der Waals surface area contributed by atoms with E-state index in [1.807, 2.05) is 39.8 Å². The van der Waals surface area contributed by atoms with Crippen LogP contribution in [-0.2, 0) is 4.74 Å².